The van der Waals surface area contributed by atoms with Crippen LogP contribution in [0.25, 0.3) is 10.9 Å². The summed E-state index contributed by atoms with van der Waals surface area (Å²) in [6.45, 7) is 3.84. The lowest BCUT2D eigenvalue weighted by atomic mass is 9.91. The van der Waals surface area contributed by atoms with Gasteiger partial charge in [-0.3, -0.25) is 0 Å². The fourth-order valence-electron chi connectivity index (χ4n) is 4.33. The Morgan fingerprint density at radius 1 is 1.13 bits per heavy atom. The summed E-state index contributed by atoms with van der Waals surface area (Å²) >= 11 is 0. The first-order valence-electron chi connectivity index (χ1n) is 11.1. The summed E-state index contributed by atoms with van der Waals surface area (Å²) in [4.78, 5) is 3.16. The van der Waals surface area contributed by atoms with Crippen LogP contribution in [-0.4, -0.2) is 24.2 Å². The second-order valence-corrected chi connectivity index (χ2v) is 8.24. The lowest BCUT2D eigenvalue weighted by Crippen LogP contribution is -2.35. The molecule has 2 N–H and O–H groups in total. The molecule has 1 aliphatic carbocycles. The summed E-state index contributed by atoms with van der Waals surface area (Å²) in [5, 5.41) is 4.31. The third kappa shape index (κ3) is 4.84. The molecule has 160 valence electrons. The Bertz CT molecular complexity index is 981. The predicted octanol–water partition coefficient (Wildman–Crippen LogP) is 5.70. The number of aromatic amines is 1. The third-order valence-corrected chi connectivity index (χ3v) is 6.00. The Hall–Kier alpha value is -2.40. The average molecular weight is 413 g/mol. The van der Waals surface area contributed by atoms with Crippen LogP contribution in [0.3, 0.4) is 0 Å². The van der Waals surface area contributed by atoms with Gasteiger partial charge in [-0.05, 0) is 68.0 Å². The van der Waals surface area contributed by atoms with Crippen LogP contribution in [0.15, 0.2) is 36.4 Å². The molecule has 4 rings (SSSR count). The van der Waals surface area contributed by atoms with E-state index in [1.54, 1.807) is 0 Å². The maximum absolute atomic E-state index is 14.1. The van der Waals surface area contributed by atoms with Gasteiger partial charge in [0.05, 0.1) is 12.1 Å². The molecule has 2 aromatic carbocycles. The predicted molar refractivity (Wildman–Crippen MR) is 117 cm³/mol. The van der Waals surface area contributed by atoms with Crippen molar-refractivity contribution in [2.45, 2.75) is 57.9 Å². The monoisotopic (exact) mass is 412 g/mol. The topological polar surface area (TPSA) is 37.0 Å². The Labute approximate surface area is 176 Å². The van der Waals surface area contributed by atoms with Crippen LogP contribution in [0.4, 0.5) is 8.78 Å². The molecule has 1 heterocycles. The van der Waals surface area contributed by atoms with Gasteiger partial charge >= 0.3 is 0 Å². The molecule has 5 heteroatoms. The van der Waals surface area contributed by atoms with Gasteiger partial charge in [0.25, 0.3) is 0 Å². The van der Waals surface area contributed by atoms with Crippen molar-refractivity contribution in [1.82, 2.24) is 10.3 Å². The lowest BCUT2D eigenvalue weighted by molar-refractivity contribution is 0.306. The first-order valence-corrected chi connectivity index (χ1v) is 11.1. The summed E-state index contributed by atoms with van der Waals surface area (Å²) < 4.78 is 33.5. The molecule has 3 nitrogen and oxygen atoms in total. The van der Waals surface area contributed by atoms with Crippen molar-refractivity contribution in [3.05, 3.63) is 64.9 Å². The lowest BCUT2D eigenvalue weighted by Gasteiger charge is -2.24. The molecule has 0 radical (unpaired) electrons. The molecule has 1 unspecified atom stereocenters. The summed E-state index contributed by atoms with van der Waals surface area (Å²) in [7, 11) is 0. The van der Waals surface area contributed by atoms with Crippen molar-refractivity contribution in [2.75, 3.05) is 13.2 Å². The van der Waals surface area contributed by atoms with Crippen molar-refractivity contribution in [1.29, 1.82) is 0 Å². The molecule has 0 bridgehead atoms. The molecule has 0 spiro atoms. The van der Waals surface area contributed by atoms with Crippen LogP contribution in [0.5, 0.6) is 5.75 Å². The van der Waals surface area contributed by atoms with Crippen LogP contribution in [0.2, 0.25) is 0 Å². The SMILES string of the molecule is CCCCCOc1ccc(CCNC2CCc3[nH]c4c(F)cc(F)cc4c3C2)cc1. The zero-order chi connectivity index (χ0) is 20.9. The number of ether oxygens (including phenoxy) is 1. The van der Waals surface area contributed by atoms with Crippen LogP contribution in [0.1, 0.15) is 49.4 Å². The zero-order valence-corrected chi connectivity index (χ0v) is 17.6. The highest BCUT2D eigenvalue weighted by molar-refractivity contribution is 5.85. The molecule has 0 saturated heterocycles. The van der Waals surface area contributed by atoms with Crippen molar-refractivity contribution >= 4 is 10.9 Å². The molecule has 0 amide bonds. The van der Waals surface area contributed by atoms with E-state index < -0.39 is 11.6 Å². The molecule has 1 atom stereocenters. The molecule has 0 saturated carbocycles. The molecule has 1 aliphatic rings. The fraction of sp³-hybridized carbons (Fsp3) is 0.440. The maximum Gasteiger partial charge on any atom is 0.150 e. The van der Waals surface area contributed by atoms with Gasteiger partial charge in [0.15, 0.2) is 0 Å². The Morgan fingerprint density at radius 3 is 2.77 bits per heavy atom. The second-order valence-electron chi connectivity index (χ2n) is 8.24. The number of H-pyrrole nitrogens is 1. The van der Waals surface area contributed by atoms with Crippen molar-refractivity contribution < 1.29 is 13.5 Å². The number of nitrogens with one attached hydrogen (secondary N) is 2. The van der Waals surface area contributed by atoms with Crippen molar-refractivity contribution in [2.24, 2.45) is 0 Å². The number of hydrogen-bond donors (Lipinski definition) is 2. The van der Waals surface area contributed by atoms with E-state index in [2.05, 4.69) is 29.4 Å². The minimum atomic E-state index is -0.519. The van der Waals surface area contributed by atoms with Crippen molar-refractivity contribution in [3.63, 3.8) is 0 Å². The summed E-state index contributed by atoms with van der Waals surface area (Å²) in [6.07, 6.45) is 7.09. The first-order chi connectivity index (χ1) is 14.6. The Morgan fingerprint density at radius 2 is 1.97 bits per heavy atom. The smallest absolute Gasteiger partial charge is 0.150 e. The average Bonchev–Trinajstić information content (AvgIpc) is 3.11. The van der Waals surface area contributed by atoms with E-state index in [1.165, 1.54) is 24.5 Å². The molecular formula is C25H30F2N2O. The number of fused-ring (bicyclic) bond motifs is 3. The fourth-order valence-corrected chi connectivity index (χ4v) is 4.33. The highest BCUT2D eigenvalue weighted by Gasteiger charge is 2.23. The minimum Gasteiger partial charge on any atom is -0.494 e. The normalized spacial score (nSPS) is 16.0. The zero-order valence-electron chi connectivity index (χ0n) is 17.6. The van der Waals surface area contributed by atoms with E-state index in [9.17, 15) is 8.78 Å². The van der Waals surface area contributed by atoms with Gasteiger partial charge in [-0.25, -0.2) is 8.78 Å². The van der Waals surface area contributed by atoms with Crippen LogP contribution in [-0.2, 0) is 19.3 Å². The molecule has 30 heavy (non-hydrogen) atoms. The molecule has 3 aromatic rings. The van der Waals surface area contributed by atoms with Gasteiger partial charge in [0, 0.05) is 23.2 Å². The molecular weight excluding hydrogens is 382 g/mol. The van der Waals surface area contributed by atoms with E-state index in [-0.39, 0.29) is 0 Å². The van der Waals surface area contributed by atoms with Crippen LogP contribution < -0.4 is 10.1 Å². The number of rotatable bonds is 9. The number of aryl methyl sites for hydroxylation is 1. The summed E-state index contributed by atoms with van der Waals surface area (Å²) in [5.74, 6) is -0.0993. The van der Waals surface area contributed by atoms with Crippen molar-refractivity contribution in [3.8, 4) is 5.75 Å². The standard InChI is InChI=1S/C25H30F2N2O/c1-2-3-4-13-30-20-8-5-17(6-9-20)11-12-28-19-7-10-24-21(16-19)22-14-18(26)15-23(27)25(22)29-24/h5-6,8-9,14-15,19,28-29H,2-4,7,10-13,16H2,1H3. The number of benzene rings is 2. The largest absolute Gasteiger partial charge is 0.494 e. The number of aromatic nitrogens is 1. The van der Waals surface area contributed by atoms with Gasteiger partial charge in [-0.15, -0.1) is 0 Å². The van der Waals surface area contributed by atoms with Gasteiger partial charge in [0.1, 0.15) is 17.4 Å². The Balaban J connectivity index is 1.29. The van der Waals surface area contributed by atoms with Gasteiger partial charge in [0.2, 0.25) is 0 Å². The first kappa shape index (κ1) is 20.9. The van der Waals surface area contributed by atoms with Crippen LogP contribution in [0, 0.1) is 11.6 Å². The second kappa shape index (κ2) is 9.61. The van der Waals surface area contributed by atoms with Gasteiger partial charge < -0.3 is 15.0 Å². The van der Waals surface area contributed by atoms with E-state index in [0.717, 1.165) is 68.3 Å². The quantitative estimate of drug-likeness (QED) is 0.442. The van der Waals surface area contributed by atoms with Crippen LogP contribution >= 0.6 is 0 Å². The summed E-state index contributed by atoms with van der Waals surface area (Å²) in [5.41, 5.74) is 3.80. The van der Waals surface area contributed by atoms with E-state index in [4.69, 9.17) is 4.74 Å². The maximum atomic E-state index is 14.1. The number of unbranched alkanes of at least 4 members (excludes halogenated alkanes) is 2. The van der Waals surface area contributed by atoms with E-state index in [1.807, 2.05) is 12.1 Å². The highest BCUT2D eigenvalue weighted by Crippen LogP contribution is 2.31. The minimum absolute atomic E-state index is 0.323. The van der Waals surface area contributed by atoms with E-state index >= 15 is 0 Å². The number of halogens is 2. The van der Waals surface area contributed by atoms with E-state index in [0.29, 0.717) is 16.9 Å². The summed E-state index contributed by atoms with van der Waals surface area (Å²) in [6, 6.07) is 11.1. The van der Waals surface area contributed by atoms with Gasteiger partial charge in [-0.2, -0.15) is 0 Å². The molecule has 0 aliphatic heterocycles. The number of hydrogen-bond acceptors (Lipinski definition) is 2. The Kier molecular flexibility index (Phi) is 6.68. The molecule has 0 fully saturated rings. The van der Waals surface area contributed by atoms with Gasteiger partial charge in [-0.1, -0.05) is 31.9 Å². The molecule has 1 aromatic heterocycles. The highest BCUT2D eigenvalue weighted by atomic mass is 19.1. The third-order valence-electron chi connectivity index (χ3n) is 6.00.